The Morgan fingerprint density at radius 2 is 1.53 bits per heavy atom. The van der Waals surface area contributed by atoms with Crippen LogP contribution in [0.3, 0.4) is 0 Å². The monoisotopic (exact) mass is 421 g/mol. The zero-order valence-electron chi connectivity index (χ0n) is 17.1. The number of hydrogen-bond acceptors (Lipinski definition) is 5. The summed E-state index contributed by atoms with van der Waals surface area (Å²) in [5.74, 6) is -0.366. The molecule has 2 heterocycles. The van der Waals surface area contributed by atoms with Gasteiger partial charge in [-0.2, -0.15) is 0 Å². The van der Waals surface area contributed by atoms with Gasteiger partial charge in [0.15, 0.2) is 11.6 Å². The molecular weight excluding hydrogens is 402 g/mol. The average molecular weight is 421 g/mol. The van der Waals surface area contributed by atoms with Crippen molar-refractivity contribution in [3.05, 3.63) is 123 Å². The number of nitrogens with one attached hydrogen (secondary N) is 1. The number of ketones is 1. The molecule has 156 valence electrons. The van der Waals surface area contributed by atoms with Crippen LogP contribution >= 0.6 is 0 Å². The standard InChI is InChI=1S/C26H19N3O3/c30-25-20-9-5-4-8-19(20)23-22(25)21(24(29(31)32)26-27-14-15-28(23)26)18-12-10-17(11-13-18)16-6-2-1-3-7-16/h1-13,21,27H,14-15H2. The highest BCUT2D eigenvalue weighted by Gasteiger charge is 2.50. The van der Waals surface area contributed by atoms with E-state index in [1.165, 1.54) is 0 Å². The van der Waals surface area contributed by atoms with Crippen molar-refractivity contribution >= 4 is 11.5 Å². The van der Waals surface area contributed by atoms with Gasteiger partial charge in [-0.05, 0) is 16.7 Å². The minimum atomic E-state index is -0.735. The summed E-state index contributed by atoms with van der Waals surface area (Å²) in [4.78, 5) is 27.4. The highest BCUT2D eigenvalue weighted by molar-refractivity contribution is 6.22. The molecule has 0 radical (unpaired) electrons. The molecule has 6 nitrogen and oxygen atoms in total. The Labute approximate surface area is 184 Å². The third-order valence-corrected chi connectivity index (χ3v) is 6.45. The maximum Gasteiger partial charge on any atom is 0.298 e. The van der Waals surface area contributed by atoms with E-state index >= 15 is 0 Å². The summed E-state index contributed by atoms with van der Waals surface area (Å²) in [7, 11) is 0. The van der Waals surface area contributed by atoms with Crippen LogP contribution < -0.4 is 5.32 Å². The van der Waals surface area contributed by atoms with Gasteiger partial charge in [0.05, 0.1) is 10.6 Å². The summed E-state index contributed by atoms with van der Waals surface area (Å²) in [5.41, 5.74) is 5.63. The van der Waals surface area contributed by atoms with E-state index in [1.807, 2.05) is 77.7 Å². The Balaban J connectivity index is 1.54. The van der Waals surface area contributed by atoms with E-state index in [9.17, 15) is 14.9 Å². The van der Waals surface area contributed by atoms with Gasteiger partial charge in [0.1, 0.15) is 5.92 Å². The van der Waals surface area contributed by atoms with E-state index in [2.05, 4.69) is 5.32 Å². The first-order valence-electron chi connectivity index (χ1n) is 10.6. The van der Waals surface area contributed by atoms with Crippen molar-refractivity contribution in [1.29, 1.82) is 0 Å². The third kappa shape index (κ3) is 2.56. The fourth-order valence-corrected chi connectivity index (χ4v) is 5.08. The molecule has 6 heteroatoms. The molecule has 0 spiro atoms. The number of hydrogen-bond donors (Lipinski definition) is 1. The molecule has 0 amide bonds. The van der Waals surface area contributed by atoms with Gasteiger partial charge in [-0.15, -0.1) is 0 Å². The molecule has 0 bridgehead atoms. The van der Waals surface area contributed by atoms with E-state index in [4.69, 9.17) is 0 Å². The zero-order chi connectivity index (χ0) is 21.8. The number of rotatable bonds is 3. The molecule has 1 saturated heterocycles. The predicted molar refractivity (Wildman–Crippen MR) is 121 cm³/mol. The van der Waals surface area contributed by atoms with Crippen LogP contribution in [0, 0.1) is 10.1 Å². The number of allylic oxidation sites excluding steroid dienone is 1. The smallest absolute Gasteiger partial charge is 0.298 e. The fraction of sp³-hybridized carbons (Fsp3) is 0.115. The topological polar surface area (TPSA) is 75.5 Å². The van der Waals surface area contributed by atoms with Crippen LogP contribution in [0.5, 0.6) is 0 Å². The number of carbonyl (C=O) groups is 1. The van der Waals surface area contributed by atoms with E-state index < -0.39 is 5.92 Å². The first-order valence-corrected chi connectivity index (χ1v) is 10.6. The summed E-state index contributed by atoms with van der Waals surface area (Å²) in [5, 5.41) is 15.5. The van der Waals surface area contributed by atoms with Crippen LogP contribution in [0.2, 0.25) is 0 Å². The summed E-state index contributed by atoms with van der Waals surface area (Å²) in [6.07, 6.45) is 0. The van der Waals surface area contributed by atoms with Gasteiger partial charge < -0.3 is 10.2 Å². The molecule has 32 heavy (non-hydrogen) atoms. The average Bonchev–Trinajstić information content (AvgIpc) is 3.42. The first-order chi connectivity index (χ1) is 15.6. The highest BCUT2D eigenvalue weighted by Crippen LogP contribution is 2.50. The third-order valence-electron chi connectivity index (χ3n) is 6.45. The van der Waals surface area contributed by atoms with Crippen molar-refractivity contribution in [2.45, 2.75) is 5.92 Å². The molecule has 1 unspecified atom stereocenters. The maximum absolute atomic E-state index is 13.5. The SMILES string of the molecule is O=C1C2=C(c3ccccc31)N1CCNC1=C([N+](=O)[O-])C2c1ccc(-c2ccccc2)cc1. The second kappa shape index (κ2) is 6.92. The van der Waals surface area contributed by atoms with Crippen LogP contribution in [0.15, 0.2) is 96.0 Å². The van der Waals surface area contributed by atoms with E-state index in [0.29, 0.717) is 30.0 Å². The van der Waals surface area contributed by atoms with Gasteiger partial charge in [0.2, 0.25) is 0 Å². The van der Waals surface area contributed by atoms with Crippen LogP contribution in [-0.4, -0.2) is 28.7 Å². The predicted octanol–water partition coefficient (Wildman–Crippen LogP) is 4.41. The molecule has 1 atom stereocenters. The van der Waals surface area contributed by atoms with Crippen molar-refractivity contribution in [2.24, 2.45) is 0 Å². The number of carbonyl (C=O) groups excluding carboxylic acids is 1. The number of fused-ring (bicyclic) bond motifs is 4. The number of Topliss-reactive ketones (excluding diaryl/α,β-unsaturated/α-hetero) is 1. The molecule has 1 N–H and O–H groups in total. The van der Waals surface area contributed by atoms with Gasteiger partial charge in [-0.3, -0.25) is 14.9 Å². The number of nitro groups is 1. The Kier molecular flexibility index (Phi) is 4.01. The van der Waals surface area contributed by atoms with Gasteiger partial charge in [0.25, 0.3) is 5.70 Å². The van der Waals surface area contributed by atoms with Gasteiger partial charge in [0, 0.05) is 29.8 Å². The first kappa shape index (κ1) is 18.6. The van der Waals surface area contributed by atoms with E-state index in [0.717, 1.165) is 28.0 Å². The van der Waals surface area contributed by atoms with Gasteiger partial charge >= 0.3 is 0 Å². The van der Waals surface area contributed by atoms with Gasteiger partial charge in [-0.25, -0.2) is 0 Å². The minimum absolute atomic E-state index is 0.0369. The molecule has 3 aromatic rings. The van der Waals surface area contributed by atoms with Crippen LogP contribution in [0.1, 0.15) is 27.4 Å². The molecule has 6 rings (SSSR count). The van der Waals surface area contributed by atoms with Crippen molar-refractivity contribution in [2.75, 3.05) is 13.1 Å². The molecular formula is C26H19N3O3. The lowest BCUT2D eigenvalue weighted by Crippen LogP contribution is -2.32. The number of benzene rings is 3. The molecule has 1 fully saturated rings. The quantitative estimate of drug-likeness (QED) is 0.501. The molecule has 0 saturated carbocycles. The molecule has 2 aliphatic heterocycles. The maximum atomic E-state index is 13.5. The Hall–Kier alpha value is -4.19. The highest BCUT2D eigenvalue weighted by atomic mass is 16.6. The van der Waals surface area contributed by atoms with E-state index in [-0.39, 0.29) is 16.4 Å². The summed E-state index contributed by atoms with van der Waals surface area (Å²) in [6.45, 7) is 1.19. The Morgan fingerprint density at radius 1 is 0.875 bits per heavy atom. The summed E-state index contributed by atoms with van der Waals surface area (Å²) in [6, 6.07) is 25.2. The lowest BCUT2D eigenvalue weighted by atomic mass is 9.83. The molecule has 3 aliphatic rings. The summed E-state index contributed by atoms with van der Waals surface area (Å²) >= 11 is 0. The minimum Gasteiger partial charge on any atom is -0.364 e. The van der Waals surface area contributed by atoms with Crippen molar-refractivity contribution in [3.8, 4) is 11.1 Å². The zero-order valence-corrected chi connectivity index (χ0v) is 17.1. The number of nitrogens with zero attached hydrogens (tertiary/aromatic N) is 2. The Morgan fingerprint density at radius 3 is 2.25 bits per heavy atom. The lowest BCUT2D eigenvalue weighted by Gasteiger charge is -2.30. The van der Waals surface area contributed by atoms with Crippen LogP contribution in [-0.2, 0) is 0 Å². The van der Waals surface area contributed by atoms with Crippen molar-refractivity contribution in [3.63, 3.8) is 0 Å². The largest absolute Gasteiger partial charge is 0.364 e. The van der Waals surface area contributed by atoms with Crippen LogP contribution in [0.25, 0.3) is 16.8 Å². The van der Waals surface area contributed by atoms with Crippen molar-refractivity contribution < 1.29 is 9.72 Å². The van der Waals surface area contributed by atoms with Crippen LogP contribution in [0.4, 0.5) is 0 Å². The molecule has 3 aromatic carbocycles. The Bertz CT molecular complexity index is 1340. The van der Waals surface area contributed by atoms with Gasteiger partial charge in [-0.1, -0.05) is 78.9 Å². The lowest BCUT2D eigenvalue weighted by molar-refractivity contribution is -0.431. The molecule has 1 aliphatic carbocycles. The molecule has 0 aromatic heterocycles. The summed E-state index contributed by atoms with van der Waals surface area (Å²) < 4.78 is 0. The van der Waals surface area contributed by atoms with Crippen molar-refractivity contribution in [1.82, 2.24) is 10.2 Å². The fourth-order valence-electron chi connectivity index (χ4n) is 5.08. The van der Waals surface area contributed by atoms with E-state index in [1.54, 1.807) is 6.07 Å². The second-order valence-corrected chi connectivity index (χ2v) is 8.13. The normalized spacial score (nSPS) is 18.9. The second-order valence-electron chi connectivity index (χ2n) is 8.13.